The molecule has 0 radical (unpaired) electrons. The van der Waals surface area contributed by atoms with Crippen LogP contribution in [0.1, 0.15) is 0 Å². The summed E-state index contributed by atoms with van der Waals surface area (Å²) in [6.07, 6.45) is 1.74. The van der Waals surface area contributed by atoms with Crippen molar-refractivity contribution in [2.75, 3.05) is 40.3 Å². The summed E-state index contributed by atoms with van der Waals surface area (Å²) in [6, 6.07) is 0. The van der Waals surface area contributed by atoms with Crippen LogP contribution < -0.4 is 5.32 Å². The van der Waals surface area contributed by atoms with Crippen LogP contribution in [0.3, 0.4) is 0 Å². The van der Waals surface area contributed by atoms with Crippen LogP contribution in [0.2, 0.25) is 0 Å². The molecule has 1 aliphatic heterocycles. The van der Waals surface area contributed by atoms with E-state index in [2.05, 4.69) is 15.2 Å². The van der Waals surface area contributed by atoms with Gasteiger partial charge in [0.2, 0.25) is 0 Å². The van der Waals surface area contributed by atoms with Gasteiger partial charge >= 0.3 is 0 Å². The van der Waals surface area contributed by atoms with Crippen molar-refractivity contribution in [3.05, 3.63) is 0 Å². The van der Waals surface area contributed by atoms with Gasteiger partial charge in [-0.2, -0.15) is 0 Å². The minimum atomic E-state index is 0.690. The fourth-order valence-corrected chi connectivity index (χ4v) is 1.33. The molecule has 13 heavy (non-hydrogen) atoms. The molecule has 5 heteroatoms. The maximum Gasteiger partial charge on any atom is 0.196 e. The highest BCUT2D eigenvalue weighted by atomic mass is 32.1. The third kappa shape index (κ3) is 3.69. The van der Waals surface area contributed by atoms with Gasteiger partial charge in [0.1, 0.15) is 0 Å². The molecule has 0 atom stereocenters. The van der Waals surface area contributed by atoms with Crippen molar-refractivity contribution in [3.63, 3.8) is 0 Å². The Balaban J connectivity index is 2.37. The van der Waals surface area contributed by atoms with Gasteiger partial charge < -0.3 is 15.1 Å². The molecule has 1 fully saturated rings. The van der Waals surface area contributed by atoms with Gasteiger partial charge in [0.15, 0.2) is 5.11 Å². The van der Waals surface area contributed by atoms with Crippen molar-refractivity contribution >= 4 is 23.7 Å². The van der Waals surface area contributed by atoms with Gasteiger partial charge in [-0.25, -0.2) is 4.99 Å². The topological polar surface area (TPSA) is 30.9 Å². The zero-order chi connectivity index (χ0) is 9.68. The Morgan fingerprint density at radius 2 is 2.08 bits per heavy atom. The molecule has 0 aromatic carbocycles. The summed E-state index contributed by atoms with van der Waals surface area (Å²) in [4.78, 5) is 8.18. The monoisotopic (exact) mass is 200 g/mol. The first-order valence-corrected chi connectivity index (χ1v) is 4.81. The van der Waals surface area contributed by atoms with E-state index >= 15 is 0 Å². The maximum absolute atomic E-state index is 5.17. The Labute approximate surface area is 84.6 Å². The van der Waals surface area contributed by atoms with E-state index in [4.69, 9.17) is 12.2 Å². The molecule has 0 bridgehead atoms. The summed E-state index contributed by atoms with van der Waals surface area (Å²) in [5.74, 6) is 0. The molecule has 4 nitrogen and oxygen atoms in total. The highest BCUT2D eigenvalue weighted by Crippen LogP contribution is 1.96. The van der Waals surface area contributed by atoms with Crippen molar-refractivity contribution in [2.45, 2.75) is 0 Å². The Kier molecular flexibility index (Phi) is 4.11. The number of piperazine rings is 1. The molecule has 0 aromatic rings. The molecule has 0 unspecified atom stereocenters. The lowest BCUT2D eigenvalue weighted by Gasteiger charge is -2.27. The predicted molar refractivity (Wildman–Crippen MR) is 59.2 cm³/mol. The van der Waals surface area contributed by atoms with Crippen LogP contribution in [0, 0.1) is 0 Å². The molecule has 1 rings (SSSR count). The van der Waals surface area contributed by atoms with Gasteiger partial charge in [-0.3, -0.25) is 0 Å². The maximum atomic E-state index is 5.17. The molecule has 0 spiro atoms. The van der Waals surface area contributed by atoms with Gasteiger partial charge in [0.25, 0.3) is 0 Å². The standard InChI is InChI=1S/C8H16N4S/c1-11(2)7-10-8(13)12-5-3-9-4-6-12/h7,9H,3-6H2,1-2H3. The van der Waals surface area contributed by atoms with E-state index in [1.165, 1.54) is 0 Å². The van der Waals surface area contributed by atoms with E-state index in [1.54, 1.807) is 6.34 Å². The fourth-order valence-electron chi connectivity index (χ4n) is 1.10. The van der Waals surface area contributed by atoms with E-state index in [0.29, 0.717) is 5.11 Å². The van der Waals surface area contributed by atoms with E-state index < -0.39 is 0 Å². The number of rotatable bonds is 1. The molecular weight excluding hydrogens is 184 g/mol. The summed E-state index contributed by atoms with van der Waals surface area (Å²) in [7, 11) is 3.87. The van der Waals surface area contributed by atoms with Crippen molar-refractivity contribution in [1.82, 2.24) is 15.1 Å². The van der Waals surface area contributed by atoms with Crippen LogP contribution in [-0.4, -0.2) is 61.5 Å². The summed E-state index contributed by atoms with van der Waals surface area (Å²) in [5, 5.41) is 3.96. The van der Waals surface area contributed by atoms with Crippen LogP contribution in [0.25, 0.3) is 0 Å². The highest BCUT2D eigenvalue weighted by molar-refractivity contribution is 7.80. The molecule has 74 valence electrons. The molecular formula is C8H16N4S. The van der Waals surface area contributed by atoms with Gasteiger partial charge in [-0.15, -0.1) is 0 Å². The Hall–Kier alpha value is -0.680. The van der Waals surface area contributed by atoms with Crippen LogP contribution in [-0.2, 0) is 0 Å². The summed E-state index contributed by atoms with van der Waals surface area (Å²) >= 11 is 5.17. The number of thiocarbonyl (C=S) groups is 1. The largest absolute Gasteiger partial charge is 0.369 e. The van der Waals surface area contributed by atoms with Gasteiger partial charge in [-0.05, 0) is 12.2 Å². The first-order chi connectivity index (χ1) is 6.20. The zero-order valence-electron chi connectivity index (χ0n) is 8.16. The molecule has 0 saturated carbocycles. The predicted octanol–water partition coefficient (Wildman–Crippen LogP) is -0.234. The number of hydrogen-bond donors (Lipinski definition) is 1. The highest BCUT2D eigenvalue weighted by Gasteiger charge is 2.10. The molecule has 1 heterocycles. The van der Waals surface area contributed by atoms with E-state index in [9.17, 15) is 0 Å². The number of nitrogens with zero attached hydrogens (tertiary/aromatic N) is 3. The molecule has 0 amide bonds. The normalized spacial score (nSPS) is 17.8. The van der Waals surface area contributed by atoms with E-state index in [-0.39, 0.29) is 0 Å². The summed E-state index contributed by atoms with van der Waals surface area (Å²) < 4.78 is 0. The number of aliphatic imine (C=N–C) groups is 1. The fraction of sp³-hybridized carbons (Fsp3) is 0.750. The molecule has 1 N–H and O–H groups in total. The Morgan fingerprint density at radius 1 is 1.46 bits per heavy atom. The molecule has 0 aromatic heterocycles. The lowest BCUT2D eigenvalue weighted by molar-refractivity contribution is 0.359. The van der Waals surface area contributed by atoms with Crippen molar-refractivity contribution in [1.29, 1.82) is 0 Å². The molecule has 1 saturated heterocycles. The van der Waals surface area contributed by atoms with Crippen molar-refractivity contribution in [3.8, 4) is 0 Å². The third-order valence-corrected chi connectivity index (χ3v) is 2.15. The molecule has 0 aliphatic carbocycles. The van der Waals surface area contributed by atoms with Crippen molar-refractivity contribution < 1.29 is 0 Å². The van der Waals surface area contributed by atoms with E-state index in [0.717, 1.165) is 26.2 Å². The van der Waals surface area contributed by atoms with Gasteiger partial charge in [0.05, 0.1) is 6.34 Å². The van der Waals surface area contributed by atoms with Gasteiger partial charge in [0, 0.05) is 40.3 Å². The lowest BCUT2D eigenvalue weighted by Crippen LogP contribution is -2.45. The Morgan fingerprint density at radius 3 is 2.62 bits per heavy atom. The summed E-state index contributed by atoms with van der Waals surface area (Å²) in [5.41, 5.74) is 0. The van der Waals surface area contributed by atoms with Crippen LogP contribution in [0.5, 0.6) is 0 Å². The van der Waals surface area contributed by atoms with Crippen LogP contribution in [0.4, 0.5) is 0 Å². The average molecular weight is 200 g/mol. The minimum Gasteiger partial charge on any atom is -0.369 e. The number of nitrogens with one attached hydrogen (secondary N) is 1. The van der Waals surface area contributed by atoms with Gasteiger partial charge in [-0.1, -0.05) is 0 Å². The lowest BCUT2D eigenvalue weighted by atomic mass is 10.4. The van der Waals surface area contributed by atoms with E-state index in [1.807, 2.05) is 19.0 Å². The number of hydrogen-bond acceptors (Lipinski definition) is 2. The average Bonchev–Trinajstić information content (AvgIpc) is 2.15. The first kappa shape index (κ1) is 10.4. The second kappa shape index (κ2) is 5.14. The van der Waals surface area contributed by atoms with Crippen LogP contribution in [0.15, 0.2) is 4.99 Å². The Bertz CT molecular complexity index is 196. The minimum absolute atomic E-state index is 0.690. The zero-order valence-corrected chi connectivity index (χ0v) is 8.97. The first-order valence-electron chi connectivity index (χ1n) is 4.40. The second-order valence-corrected chi connectivity index (χ2v) is 3.59. The quantitative estimate of drug-likeness (QED) is 0.360. The SMILES string of the molecule is CN(C)C=NC(=S)N1CCNCC1. The van der Waals surface area contributed by atoms with Crippen molar-refractivity contribution in [2.24, 2.45) is 4.99 Å². The smallest absolute Gasteiger partial charge is 0.196 e. The van der Waals surface area contributed by atoms with Crippen LogP contribution >= 0.6 is 12.2 Å². The second-order valence-electron chi connectivity index (χ2n) is 3.23. The molecule has 1 aliphatic rings. The summed E-state index contributed by atoms with van der Waals surface area (Å²) in [6.45, 7) is 3.92. The third-order valence-electron chi connectivity index (χ3n) is 1.79.